The average Bonchev–Trinajstić information content (AvgIpc) is 2.77. The smallest absolute Gasteiger partial charge is 0.309 e. The SMILES string of the molecule is CCNC(=NCc1cccc(C(=O)NC(C)CC)c1)N1CCC(C(=O)OCC)CC1. The Bertz CT molecular complexity index is 727. The highest BCUT2D eigenvalue weighted by molar-refractivity contribution is 5.94. The Kier molecular flexibility index (Phi) is 9.64. The highest BCUT2D eigenvalue weighted by atomic mass is 16.5. The maximum absolute atomic E-state index is 12.4. The molecule has 0 spiro atoms. The van der Waals surface area contributed by atoms with Crippen molar-refractivity contribution >= 4 is 17.8 Å². The fourth-order valence-electron chi connectivity index (χ4n) is 3.40. The van der Waals surface area contributed by atoms with E-state index in [-0.39, 0.29) is 23.8 Å². The monoisotopic (exact) mass is 416 g/mol. The second-order valence-electron chi connectivity index (χ2n) is 7.67. The van der Waals surface area contributed by atoms with Crippen molar-refractivity contribution in [1.82, 2.24) is 15.5 Å². The number of esters is 1. The second kappa shape index (κ2) is 12.2. The van der Waals surface area contributed by atoms with Crippen molar-refractivity contribution < 1.29 is 14.3 Å². The van der Waals surface area contributed by atoms with Crippen LogP contribution in [0.1, 0.15) is 62.9 Å². The zero-order valence-corrected chi connectivity index (χ0v) is 18.7. The van der Waals surface area contributed by atoms with Crippen molar-refractivity contribution in [3.05, 3.63) is 35.4 Å². The van der Waals surface area contributed by atoms with Crippen LogP contribution in [0.15, 0.2) is 29.3 Å². The standard InChI is InChI=1S/C23H36N4O3/c1-5-17(4)26-21(28)20-10-8-9-18(15-20)16-25-23(24-6-2)27-13-11-19(12-14-27)22(29)30-7-3/h8-10,15,17,19H,5-7,11-14,16H2,1-4H3,(H,24,25)(H,26,28). The number of ether oxygens (including phenoxy) is 1. The number of carbonyl (C=O) groups is 2. The molecule has 7 nitrogen and oxygen atoms in total. The third kappa shape index (κ3) is 7.04. The molecular formula is C23H36N4O3. The Balaban J connectivity index is 2.00. The maximum Gasteiger partial charge on any atom is 0.309 e. The lowest BCUT2D eigenvalue weighted by atomic mass is 9.97. The number of guanidine groups is 1. The van der Waals surface area contributed by atoms with Crippen molar-refractivity contribution in [3.63, 3.8) is 0 Å². The van der Waals surface area contributed by atoms with Gasteiger partial charge in [-0.3, -0.25) is 9.59 Å². The van der Waals surface area contributed by atoms with Crippen LogP contribution in [0.3, 0.4) is 0 Å². The third-order valence-corrected chi connectivity index (χ3v) is 5.34. The van der Waals surface area contributed by atoms with Crippen LogP contribution >= 0.6 is 0 Å². The highest BCUT2D eigenvalue weighted by Crippen LogP contribution is 2.19. The van der Waals surface area contributed by atoms with Crippen molar-refractivity contribution in [1.29, 1.82) is 0 Å². The first kappa shape index (κ1) is 23.7. The van der Waals surface area contributed by atoms with E-state index in [0.717, 1.165) is 50.4 Å². The normalized spacial score (nSPS) is 16.1. The molecule has 1 fully saturated rings. The number of hydrogen-bond donors (Lipinski definition) is 2. The topological polar surface area (TPSA) is 83.0 Å². The van der Waals surface area contributed by atoms with E-state index in [9.17, 15) is 9.59 Å². The molecule has 0 bridgehead atoms. The molecule has 0 radical (unpaired) electrons. The van der Waals surface area contributed by atoms with Gasteiger partial charge in [-0.15, -0.1) is 0 Å². The van der Waals surface area contributed by atoms with Crippen LogP contribution in [0.2, 0.25) is 0 Å². The number of aliphatic imine (C=N–C) groups is 1. The number of likely N-dealkylation sites (tertiary alicyclic amines) is 1. The van der Waals surface area contributed by atoms with E-state index in [1.54, 1.807) is 0 Å². The Morgan fingerprint density at radius 2 is 1.97 bits per heavy atom. The first-order valence-corrected chi connectivity index (χ1v) is 11.1. The van der Waals surface area contributed by atoms with E-state index in [1.165, 1.54) is 0 Å². The molecule has 0 saturated carbocycles. The first-order valence-electron chi connectivity index (χ1n) is 11.1. The first-order chi connectivity index (χ1) is 14.5. The number of piperidine rings is 1. The molecule has 1 unspecified atom stereocenters. The molecule has 1 saturated heterocycles. The molecule has 30 heavy (non-hydrogen) atoms. The summed E-state index contributed by atoms with van der Waals surface area (Å²) in [6.45, 7) is 11.2. The molecule has 2 N–H and O–H groups in total. The van der Waals surface area contributed by atoms with E-state index < -0.39 is 0 Å². The minimum absolute atomic E-state index is 0.0233. The van der Waals surface area contributed by atoms with Crippen LogP contribution in [0.25, 0.3) is 0 Å². The Hall–Kier alpha value is -2.57. The van der Waals surface area contributed by atoms with E-state index in [1.807, 2.05) is 52.0 Å². The van der Waals surface area contributed by atoms with E-state index in [0.29, 0.717) is 18.7 Å². The summed E-state index contributed by atoms with van der Waals surface area (Å²) in [5.74, 6) is 0.675. The number of rotatable bonds is 8. The molecule has 1 aliphatic heterocycles. The summed E-state index contributed by atoms with van der Waals surface area (Å²) in [5, 5.41) is 6.34. The average molecular weight is 417 g/mol. The maximum atomic E-state index is 12.4. The number of nitrogens with zero attached hydrogens (tertiary/aromatic N) is 2. The zero-order chi connectivity index (χ0) is 21.9. The molecule has 1 aliphatic rings. The fraction of sp³-hybridized carbons (Fsp3) is 0.609. The number of hydrogen-bond acceptors (Lipinski definition) is 4. The Labute approximate surface area is 180 Å². The van der Waals surface area contributed by atoms with E-state index >= 15 is 0 Å². The van der Waals surface area contributed by atoms with Crippen molar-refractivity contribution in [2.75, 3.05) is 26.2 Å². The molecular weight excluding hydrogens is 380 g/mol. The second-order valence-corrected chi connectivity index (χ2v) is 7.67. The molecule has 1 heterocycles. The highest BCUT2D eigenvalue weighted by Gasteiger charge is 2.27. The van der Waals surface area contributed by atoms with Crippen LogP contribution in [-0.4, -0.2) is 55.0 Å². The van der Waals surface area contributed by atoms with E-state index in [2.05, 4.69) is 15.5 Å². The molecule has 1 aromatic rings. The van der Waals surface area contributed by atoms with Gasteiger partial charge in [-0.05, 0) is 57.7 Å². The number of amides is 1. The summed E-state index contributed by atoms with van der Waals surface area (Å²) in [7, 11) is 0. The summed E-state index contributed by atoms with van der Waals surface area (Å²) < 4.78 is 5.16. The van der Waals surface area contributed by atoms with Gasteiger partial charge in [0, 0.05) is 31.2 Å². The van der Waals surface area contributed by atoms with E-state index in [4.69, 9.17) is 9.73 Å². The van der Waals surface area contributed by atoms with Crippen LogP contribution < -0.4 is 10.6 Å². The summed E-state index contributed by atoms with van der Waals surface area (Å²) in [5.41, 5.74) is 1.65. The molecule has 1 amide bonds. The number of nitrogens with one attached hydrogen (secondary N) is 2. The summed E-state index contributed by atoms with van der Waals surface area (Å²) in [6.07, 6.45) is 2.44. The molecule has 1 atom stereocenters. The minimum Gasteiger partial charge on any atom is -0.466 e. The molecule has 0 aliphatic carbocycles. The number of carbonyl (C=O) groups excluding carboxylic acids is 2. The minimum atomic E-state index is -0.0911. The van der Waals surface area contributed by atoms with Crippen molar-refractivity contribution in [3.8, 4) is 0 Å². The van der Waals surface area contributed by atoms with Crippen molar-refractivity contribution in [2.24, 2.45) is 10.9 Å². The van der Waals surface area contributed by atoms with Gasteiger partial charge in [0.2, 0.25) is 0 Å². The quantitative estimate of drug-likeness (QED) is 0.387. The number of benzene rings is 1. The molecule has 0 aromatic heterocycles. The lowest BCUT2D eigenvalue weighted by molar-refractivity contribution is -0.149. The van der Waals surface area contributed by atoms with Crippen LogP contribution in [0.4, 0.5) is 0 Å². The van der Waals surface area contributed by atoms with Crippen LogP contribution in [0.5, 0.6) is 0 Å². The van der Waals surface area contributed by atoms with Crippen molar-refractivity contribution in [2.45, 2.75) is 59.5 Å². The van der Waals surface area contributed by atoms with Gasteiger partial charge in [-0.2, -0.15) is 0 Å². The largest absolute Gasteiger partial charge is 0.466 e. The van der Waals surface area contributed by atoms with Gasteiger partial charge in [0.25, 0.3) is 5.91 Å². The van der Waals surface area contributed by atoms with Gasteiger partial charge in [-0.25, -0.2) is 4.99 Å². The van der Waals surface area contributed by atoms with Gasteiger partial charge >= 0.3 is 5.97 Å². The molecule has 1 aromatic carbocycles. The fourth-order valence-corrected chi connectivity index (χ4v) is 3.40. The van der Waals surface area contributed by atoms with Gasteiger partial charge in [0.05, 0.1) is 19.1 Å². The Morgan fingerprint density at radius 3 is 2.60 bits per heavy atom. The van der Waals surface area contributed by atoms with Gasteiger partial charge in [0.1, 0.15) is 0 Å². The molecule has 2 rings (SSSR count). The summed E-state index contributed by atoms with van der Waals surface area (Å²) in [4.78, 5) is 31.3. The Morgan fingerprint density at radius 1 is 1.23 bits per heavy atom. The predicted octanol–water partition coefficient (Wildman–Crippen LogP) is 2.96. The van der Waals surface area contributed by atoms with Crippen LogP contribution in [0, 0.1) is 5.92 Å². The zero-order valence-electron chi connectivity index (χ0n) is 18.7. The predicted molar refractivity (Wildman–Crippen MR) is 119 cm³/mol. The molecule has 7 heteroatoms. The molecule has 166 valence electrons. The third-order valence-electron chi connectivity index (χ3n) is 5.34. The lowest BCUT2D eigenvalue weighted by Crippen LogP contribution is -2.46. The van der Waals surface area contributed by atoms with Gasteiger partial charge in [-0.1, -0.05) is 19.1 Å². The summed E-state index contributed by atoms with van der Waals surface area (Å²) >= 11 is 0. The van der Waals surface area contributed by atoms with Crippen LogP contribution in [-0.2, 0) is 16.1 Å². The van der Waals surface area contributed by atoms with Gasteiger partial charge < -0.3 is 20.3 Å². The van der Waals surface area contributed by atoms with Gasteiger partial charge in [0.15, 0.2) is 5.96 Å². The lowest BCUT2D eigenvalue weighted by Gasteiger charge is -2.33. The summed E-state index contributed by atoms with van der Waals surface area (Å²) in [6, 6.07) is 7.76.